The minimum absolute atomic E-state index is 0.938. The number of H-pyrrole nitrogens is 1. The second-order valence-corrected chi connectivity index (χ2v) is 5.57. The first-order chi connectivity index (χ1) is 9.86. The van der Waals surface area contributed by atoms with E-state index in [2.05, 4.69) is 30.2 Å². The summed E-state index contributed by atoms with van der Waals surface area (Å²) in [5.41, 5.74) is 2.56. The van der Waals surface area contributed by atoms with Crippen LogP contribution in [0.2, 0.25) is 0 Å². The minimum Gasteiger partial charge on any atom is -0.495 e. The lowest BCUT2D eigenvalue weighted by molar-refractivity contribution is 0.419. The quantitative estimate of drug-likeness (QED) is 0.602. The molecule has 2 aromatic rings. The number of hydrogen-bond acceptors (Lipinski definition) is 1. The predicted molar refractivity (Wildman–Crippen MR) is 86.5 cm³/mol. The molecule has 0 bridgehead atoms. The number of unbranched alkanes of at least 4 members (excludes halogenated alkanes) is 6. The summed E-state index contributed by atoms with van der Waals surface area (Å²) in [5.74, 6) is 0.938. The van der Waals surface area contributed by atoms with Gasteiger partial charge >= 0.3 is 0 Å². The van der Waals surface area contributed by atoms with Crippen LogP contribution in [0.3, 0.4) is 0 Å². The Balaban J connectivity index is 1.82. The predicted octanol–water partition coefficient (Wildman–Crippen LogP) is 5.47. The molecule has 0 aliphatic heterocycles. The van der Waals surface area contributed by atoms with Gasteiger partial charge < -0.3 is 9.72 Å². The number of benzene rings is 1. The Morgan fingerprint density at radius 3 is 2.50 bits per heavy atom. The van der Waals surface area contributed by atoms with Crippen LogP contribution in [0, 0.1) is 0 Å². The van der Waals surface area contributed by atoms with Gasteiger partial charge in [0.2, 0.25) is 0 Å². The Bertz CT molecular complexity index is 515. The highest BCUT2D eigenvalue weighted by Crippen LogP contribution is 2.27. The molecule has 20 heavy (non-hydrogen) atoms. The second-order valence-electron chi connectivity index (χ2n) is 5.57. The van der Waals surface area contributed by atoms with Gasteiger partial charge in [-0.1, -0.05) is 57.6 Å². The summed E-state index contributed by atoms with van der Waals surface area (Å²) in [6, 6.07) is 6.27. The molecule has 0 amide bonds. The molecule has 110 valence electrons. The van der Waals surface area contributed by atoms with E-state index < -0.39 is 0 Å². The Morgan fingerprint density at radius 2 is 1.75 bits per heavy atom. The molecule has 2 nitrogen and oxygen atoms in total. The van der Waals surface area contributed by atoms with Gasteiger partial charge in [0.15, 0.2) is 0 Å². The summed E-state index contributed by atoms with van der Waals surface area (Å²) in [5, 5.41) is 1.32. The van der Waals surface area contributed by atoms with Crippen LogP contribution >= 0.6 is 0 Å². The number of aryl methyl sites for hydroxylation is 1. The molecule has 0 unspecified atom stereocenters. The smallest absolute Gasteiger partial charge is 0.142 e. The lowest BCUT2D eigenvalue weighted by Gasteiger charge is -2.03. The van der Waals surface area contributed by atoms with E-state index in [9.17, 15) is 0 Å². The fourth-order valence-electron chi connectivity index (χ4n) is 2.83. The molecular weight excluding hydrogens is 246 g/mol. The normalized spacial score (nSPS) is 11.1. The number of hydrogen-bond donors (Lipinski definition) is 1. The molecule has 1 aromatic heterocycles. The third-order valence-corrected chi connectivity index (χ3v) is 4.03. The van der Waals surface area contributed by atoms with Crippen molar-refractivity contribution in [2.24, 2.45) is 0 Å². The summed E-state index contributed by atoms with van der Waals surface area (Å²) in [4.78, 5) is 3.35. The van der Waals surface area contributed by atoms with Crippen molar-refractivity contribution < 1.29 is 4.74 Å². The topological polar surface area (TPSA) is 25.0 Å². The Labute approximate surface area is 122 Å². The number of aromatic amines is 1. The van der Waals surface area contributed by atoms with E-state index >= 15 is 0 Å². The maximum Gasteiger partial charge on any atom is 0.142 e. The lowest BCUT2D eigenvalue weighted by Crippen LogP contribution is -1.86. The van der Waals surface area contributed by atoms with Crippen LogP contribution in [0.25, 0.3) is 10.9 Å². The number of para-hydroxylation sites is 1. The molecule has 2 heteroatoms. The van der Waals surface area contributed by atoms with Crippen LogP contribution in [0.15, 0.2) is 24.4 Å². The first-order valence-electron chi connectivity index (χ1n) is 7.99. The van der Waals surface area contributed by atoms with E-state index in [4.69, 9.17) is 4.74 Å². The molecule has 0 fully saturated rings. The van der Waals surface area contributed by atoms with Crippen LogP contribution in [-0.4, -0.2) is 12.1 Å². The van der Waals surface area contributed by atoms with Crippen molar-refractivity contribution in [1.82, 2.24) is 4.98 Å². The van der Waals surface area contributed by atoms with Crippen molar-refractivity contribution in [3.8, 4) is 5.75 Å². The SMILES string of the molecule is CCCCCCCCCc1c[nH]c2c(OC)cccc12. The molecule has 2 rings (SSSR count). The standard InChI is InChI=1S/C18H27NO/c1-3-4-5-6-7-8-9-11-15-14-19-18-16(15)12-10-13-17(18)20-2/h10,12-14,19H,3-9,11H2,1-2H3. The zero-order valence-electron chi connectivity index (χ0n) is 12.9. The van der Waals surface area contributed by atoms with Crippen molar-refractivity contribution in [2.75, 3.05) is 7.11 Å². The lowest BCUT2D eigenvalue weighted by atomic mass is 10.0. The third-order valence-electron chi connectivity index (χ3n) is 4.03. The summed E-state index contributed by atoms with van der Waals surface area (Å²) in [7, 11) is 1.73. The minimum atomic E-state index is 0.938. The van der Waals surface area contributed by atoms with Gasteiger partial charge in [0, 0.05) is 11.6 Å². The Kier molecular flexibility index (Phi) is 5.97. The average molecular weight is 273 g/mol. The van der Waals surface area contributed by atoms with Crippen molar-refractivity contribution >= 4 is 10.9 Å². The van der Waals surface area contributed by atoms with Crippen molar-refractivity contribution in [1.29, 1.82) is 0 Å². The van der Waals surface area contributed by atoms with Crippen LogP contribution in [-0.2, 0) is 6.42 Å². The molecule has 1 heterocycles. The summed E-state index contributed by atoms with van der Waals surface area (Å²) in [6.07, 6.45) is 12.9. The van der Waals surface area contributed by atoms with Gasteiger partial charge in [-0.25, -0.2) is 0 Å². The maximum atomic E-state index is 5.39. The molecule has 0 radical (unpaired) electrons. The highest BCUT2D eigenvalue weighted by molar-refractivity contribution is 5.88. The number of nitrogens with one attached hydrogen (secondary N) is 1. The van der Waals surface area contributed by atoms with Gasteiger partial charge in [-0.05, 0) is 24.5 Å². The second kappa shape index (κ2) is 7.98. The zero-order chi connectivity index (χ0) is 14.2. The zero-order valence-corrected chi connectivity index (χ0v) is 12.9. The molecule has 0 saturated heterocycles. The molecule has 0 atom stereocenters. The molecule has 0 aliphatic carbocycles. The highest BCUT2D eigenvalue weighted by Gasteiger charge is 2.07. The Hall–Kier alpha value is -1.44. The van der Waals surface area contributed by atoms with Crippen LogP contribution in [0.1, 0.15) is 57.4 Å². The van der Waals surface area contributed by atoms with Crippen LogP contribution < -0.4 is 4.74 Å². The van der Waals surface area contributed by atoms with E-state index in [0.717, 1.165) is 11.3 Å². The number of rotatable bonds is 9. The van der Waals surface area contributed by atoms with Gasteiger partial charge in [0.25, 0.3) is 0 Å². The number of fused-ring (bicyclic) bond motifs is 1. The van der Waals surface area contributed by atoms with Gasteiger partial charge in [0.05, 0.1) is 12.6 Å². The van der Waals surface area contributed by atoms with Gasteiger partial charge in [0.1, 0.15) is 5.75 Å². The van der Waals surface area contributed by atoms with Gasteiger partial charge in [-0.3, -0.25) is 0 Å². The van der Waals surface area contributed by atoms with Crippen molar-refractivity contribution in [2.45, 2.75) is 58.3 Å². The number of ether oxygens (including phenoxy) is 1. The van der Waals surface area contributed by atoms with Crippen LogP contribution in [0.5, 0.6) is 5.75 Å². The molecule has 1 N–H and O–H groups in total. The number of aromatic nitrogens is 1. The number of methoxy groups -OCH3 is 1. The molecule has 0 spiro atoms. The summed E-state index contributed by atoms with van der Waals surface area (Å²) < 4.78 is 5.39. The molecule has 0 aliphatic rings. The van der Waals surface area contributed by atoms with Gasteiger partial charge in [-0.2, -0.15) is 0 Å². The summed E-state index contributed by atoms with van der Waals surface area (Å²) >= 11 is 0. The highest BCUT2D eigenvalue weighted by atomic mass is 16.5. The first kappa shape index (κ1) is 15.0. The fourth-order valence-corrected chi connectivity index (χ4v) is 2.83. The first-order valence-corrected chi connectivity index (χ1v) is 7.99. The largest absolute Gasteiger partial charge is 0.495 e. The third kappa shape index (κ3) is 3.78. The molecule has 1 aromatic carbocycles. The van der Waals surface area contributed by atoms with E-state index in [0.29, 0.717) is 0 Å². The van der Waals surface area contributed by atoms with E-state index in [-0.39, 0.29) is 0 Å². The van der Waals surface area contributed by atoms with E-state index in [1.165, 1.54) is 62.3 Å². The molecular formula is C18H27NO. The van der Waals surface area contributed by atoms with E-state index in [1.807, 2.05) is 6.07 Å². The fraction of sp³-hybridized carbons (Fsp3) is 0.556. The van der Waals surface area contributed by atoms with Crippen LogP contribution in [0.4, 0.5) is 0 Å². The van der Waals surface area contributed by atoms with Gasteiger partial charge in [-0.15, -0.1) is 0 Å². The van der Waals surface area contributed by atoms with E-state index in [1.54, 1.807) is 7.11 Å². The average Bonchev–Trinajstić information content (AvgIpc) is 2.89. The maximum absolute atomic E-state index is 5.39. The monoisotopic (exact) mass is 273 g/mol. The summed E-state index contributed by atoms with van der Waals surface area (Å²) in [6.45, 7) is 2.27. The molecule has 0 saturated carbocycles. The van der Waals surface area contributed by atoms with Crippen molar-refractivity contribution in [3.05, 3.63) is 30.0 Å². The van der Waals surface area contributed by atoms with Crippen molar-refractivity contribution in [3.63, 3.8) is 0 Å². The Morgan fingerprint density at radius 1 is 1.00 bits per heavy atom.